The number of nitrogen functional groups attached to an aromatic ring is 1. The zero-order valence-electron chi connectivity index (χ0n) is 11.3. The van der Waals surface area contributed by atoms with Crippen molar-refractivity contribution in [1.29, 1.82) is 0 Å². The Bertz CT molecular complexity index is 418. The fourth-order valence-corrected chi connectivity index (χ4v) is 1.78. The number of rotatable bonds is 5. The Labute approximate surface area is 110 Å². The summed E-state index contributed by atoms with van der Waals surface area (Å²) in [6.07, 6.45) is -3.60. The van der Waals surface area contributed by atoms with Crippen LogP contribution < -0.4 is 16.2 Å². The van der Waals surface area contributed by atoms with Gasteiger partial charge in [0.15, 0.2) is 0 Å². The minimum atomic E-state index is -4.42. The van der Waals surface area contributed by atoms with E-state index < -0.39 is 11.7 Å². The summed E-state index contributed by atoms with van der Waals surface area (Å²) in [5.74, 6) is 5.47. The molecule has 0 bridgehead atoms. The SMILES string of the molecule is CCCN(c1cc(C(F)(F)F)cc(NN)n1)C(C)C. The molecule has 0 radical (unpaired) electrons. The van der Waals surface area contributed by atoms with E-state index in [4.69, 9.17) is 5.84 Å². The second-order valence-electron chi connectivity index (χ2n) is 4.53. The molecule has 0 aromatic carbocycles. The molecule has 19 heavy (non-hydrogen) atoms. The Hall–Kier alpha value is -1.50. The first-order chi connectivity index (χ1) is 8.79. The number of nitrogens with zero attached hydrogens (tertiary/aromatic N) is 2. The van der Waals surface area contributed by atoms with Crippen LogP contribution >= 0.6 is 0 Å². The van der Waals surface area contributed by atoms with Gasteiger partial charge in [-0.25, -0.2) is 10.8 Å². The van der Waals surface area contributed by atoms with Crippen molar-refractivity contribution in [2.24, 2.45) is 5.84 Å². The predicted octanol–water partition coefficient (Wildman–Crippen LogP) is 3.01. The number of hydrogen-bond donors (Lipinski definition) is 2. The molecular formula is C12H19F3N4. The lowest BCUT2D eigenvalue weighted by Gasteiger charge is -2.28. The smallest absolute Gasteiger partial charge is 0.354 e. The van der Waals surface area contributed by atoms with E-state index >= 15 is 0 Å². The molecule has 0 aliphatic rings. The quantitative estimate of drug-likeness (QED) is 0.641. The molecule has 7 heteroatoms. The van der Waals surface area contributed by atoms with Crippen LogP contribution in [0.25, 0.3) is 0 Å². The van der Waals surface area contributed by atoms with Crippen molar-refractivity contribution in [2.75, 3.05) is 16.9 Å². The molecule has 0 atom stereocenters. The Morgan fingerprint density at radius 1 is 1.37 bits per heavy atom. The van der Waals surface area contributed by atoms with Crippen molar-refractivity contribution in [2.45, 2.75) is 39.4 Å². The average molecular weight is 276 g/mol. The average Bonchev–Trinajstić information content (AvgIpc) is 2.33. The van der Waals surface area contributed by atoms with Gasteiger partial charge < -0.3 is 10.3 Å². The molecule has 1 heterocycles. The lowest BCUT2D eigenvalue weighted by atomic mass is 10.2. The largest absolute Gasteiger partial charge is 0.416 e. The Morgan fingerprint density at radius 2 is 2.00 bits per heavy atom. The lowest BCUT2D eigenvalue weighted by Crippen LogP contribution is -2.32. The van der Waals surface area contributed by atoms with Crippen LogP contribution in [-0.2, 0) is 6.18 Å². The number of halogens is 3. The summed E-state index contributed by atoms with van der Waals surface area (Å²) in [6, 6.07) is 2.01. The van der Waals surface area contributed by atoms with E-state index in [1.54, 1.807) is 0 Å². The molecule has 1 rings (SSSR count). The van der Waals surface area contributed by atoms with E-state index in [2.05, 4.69) is 10.4 Å². The number of anilines is 2. The van der Waals surface area contributed by atoms with Gasteiger partial charge in [0.05, 0.1) is 5.56 Å². The summed E-state index contributed by atoms with van der Waals surface area (Å²) in [5, 5.41) is 0. The molecule has 1 aromatic rings. The zero-order chi connectivity index (χ0) is 14.6. The van der Waals surface area contributed by atoms with Crippen LogP contribution in [-0.4, -0.2) is 17.6 Å². The van der Waals surface area contributed by atoms with Gasteiger partial charge in [0.25, 0.3) is 0 Å². The molecule has 4 nitrogen and oxygen atoms in total. The highest BCUT2D eigenvalue weighted by molar-refractivity contribution is 5.51. The van der Waals surface area contributed by atoms with E-state index in [1.165, 1.54) is 0 Å². The number of pyridine rings is 1. The van der Waals surface area contributed by atoms with Crippen LogP contribution in [0.1, 0.15) is 32.8 Å². The molecule has 0 spiro atoms. The fraction of sp³-hybridized carbons (Fsp3) is 0.583. The van der Waals surface area contributed by atoms with Crippen LogP contribution in [0, 0.1) is 0 Å². The summed E-state index contributed by atoms with van der Waals surface area (Å²) in [6.45, 7) is 6.42. The van der Waals surface area contributed by atoms with Gasteiger partial charge in [-0.3, -0.25) is 0 Å². The third-order valence-electron chi connectivity index (χ3n) is 2.67. The van der Waals surface area contributed by atoms with Gasteiger partial charge in [-0.1, -0.05) is 6.92 Å². The number of alkyl halides is 3. The van der Waals surface area contributed by atoms with Gasteiger partial charge >= 0.3 is 6.18 Å². The molecule has 108 valence electrons. The summed E-state index contributed by atoms with van der Waals surface area (Å²) in [5.41, 5.74) is 1.42. The maximum Gasteiger partial charge on any atom is 0.416 e. The van der Waals surface area contributed by atoms with E-state index in [0.29, 0.717) is 6.54 Å². The highest BCUT2D eigenvalue weighted by Crippen LogP contribution is 2.33. The van der Waals surface area contributed by atoms with E-state index in [0.717, 1.165) is 18.6 Å². The van der Waals surface area contributed by atoms with Crippen molar-refractivity contribution in [3.63, 3.8) is 0 Å². The van der Waals surface area contributed by atoms with Gasteiger partial charge in [-0.2, -0.15) is 13.2 Å². The molecular weight excluding hydrogens is 257 g/mol. The topological polar surface area (TPSA) is 54.2 Å². The molecule has 0 aliphatic heterocycles. The van der Waals surface area contributed by atoms with Crippen LogP contribution in [0.2, 0.25) is 0 Å². The van der Waals surface area contributed by atoms with Crippen molar-refractivity contribution in [1.82, 2.24) is 4.98 Å². The monoisotopic (exact) mass is 276 g/mol. The standard InChI is InChI=1S/C12H19F3N4/c1-4-5-19(8(2)3)11-7-9(12(13,14)15)6-10(17-11)18-16/h6-8H,4-5,16H2,1-3H3,(H,17,18). The van der Waals surface area contributed by atoms with Gasteiger partial charge in [-0.15, -0.1) is 0 Å². The van der Waals surface area contributed by atoms with Crippen molar-refractivity contribution in [3.05, 3.63) is 17.7 Å². The van der Waals surface area contributed by atoms with Gasteiger partial charge in [-0.05, 0) is 32.4 Å². The van der Waals surface area contributed by atoms with Gasteiger partial charge in [0.2, 0.25) is 0 Å². The number of nitrogens with one attached hydrogen (secondary N) is 1. The van der Waals surface area contributed by atoms with Crippen LogP contribution in [0.5, 0.6) is 0 Å². The number of nitrogens with two attached hydrogens (primary N) is 1. The fourth-order valence-electron chi connectivity index (χ4n) is 1.78. The lowest BCUT2D eigenvalue weighted by molar-refractivity contribution is -0.137. The van der Waals surface area contributed by atoms with E-state index in [1.807, 2.05) is 25.7 Å². The molecule has 0 saturated carbocycles. The second kappa shape index (κ2) is 6.10. The first-order valence-corrected chi connectivity index (χ1v) is 6.12. The van der Waals surface area contributed by atoms with Crippen LogP contribution in [0.3, 0.4) is 0 Å². The van der Waals surface area contributed by atoms with Gasteiger partial charge in [0, 0.05) is 12.6 Å². The maximum absolute atomic E-state index is 12.8. The normalized spacial score (nSPS) is 11.8. The van der Waals surface area contributed by atoms with Crippen molar-refractivity contribution < 1.29 is 13.2 Å². The van der Waals surface area contributed by atoms with Crippen molar-refractivity contribution in [3.8, 4) is 0 Å². The third-order valence-corrected chi connectivity index (χ3v) is 2.67. The van der Waals surface area contributed by atoms with E-state index in [9.17, 15) is 13.2 Å². The Morgan fingerprint density at radius 3 is 2.42 bits per heavy atom. The molecule has 0 saturated heterocycles. The minimum Gasteiger partial charge on any atom is -0.354 e. The first kappa shape index (κ1) is 15.6. The highest BCUT2D eigenvalue weighted by Gasteiger charge is 2.32. The second-order valence-corrected chi connectivity index (χ2v) is 4.53. The summed E-state index contributed by atoms with van der Waals surface area (Å²) in [7, 11) is 0. The van der Waals surface area contributed by atoms with Crippen molar-refractivity contribution >= 4 is 11.6 Å². The molecule has 3 N–H and O–H groups in total. The van der Waals surface area contributed by atoms with Crippen LogP contribution in [0.15, 0.2) is 12.1 Å². The first-order valence-electron chi connectivity index (χ1n) is 6.12. The zero-order valence-corrected chi connectivity index (χ0v) is 11.3. The predicted molar refractivity (Wildman–Crippen MR) is 69.8 cm³/mol. The van der Waals surface area contributed by atoms with Crippen LogP contribution in [0.4, 0.5) is 24.8 Å². The number of hydrazine groups is 1. The van der Waals surface area contributed by atoms with E-state index in [-0.39, 0.29) is 17.7 Å². The van der Waals surface area contributed by atoms with Gasteiger partial charge in [0.1, 0.15) is 11.6 Å². The molecule has 0 fully saturated rings. The molecule has 1 aromatic heterocycles. The number of hydrogen-bond acceptors (Lipinski definition) is 4. The minimum absolute atomic E-state index is 0.00609. The highest BCUT2D eigenvalue weighted by atomic mass is 19.4. The molecule has 0 unspecified atom stereocenters. The summed E-state index contributed by atoms with van der Waals surface area (Å²) >= 11 is 0. The maximum atomic E-state index is 12.8. The Kier molecular flexibility index (Phi) is 4.99. The Balaban J connectivity index is 3.25. The molecule has 0 amide bonds. The summed E-state index contributed by atoms with van der Waals surface area (Å²) < 4.78 is 38.5. The third kappa shape index (κ3) is 3.99. The number of aromatic nitrogens is 1. The summed E-state index contributed by atoms with van der Waals surface area (Å²) in [4.78, 5) is 5.91. The molecule has 0 aliphatic carbocycles.